The highest BCUT2D eigenvalue weighted by Crippen LogP contribution is 1.95. The van der Waals surface area contributed by atoms with Gasteiger partial charge in [-0.25, -0.2) is 0 Å². The third kappa shape index (κ3) is 32.7. The fraction of sp³-hybridized carbons (Fsp3) is 0.857. The minimum Gasteiger partial charge on any atom is -0.379 e. The first-order valence-electron chi connectivity index (χ1n) is 14.8. The standard InChI is InChI=1S/C28H53N3O12/c1-29-7-11-38-15-17-40-21-25(32)6-4-10-37-14-20-43-24-28(35)31-8-12-39-16-18-41-22-26(33)5-3-9-36-13-19-42-23-27(34)30-2/h29H,3-24H2,1-2H3,(H,30,34)(H,31,35). The van der Waals surface area contributed by atoms with Gasteiger partial charge in [-0.15, -0.1) is 0 Å². The highest BCUT2D eigenvalue weighted by Gasteiger charge is 2.05. The summed E-state index contributed by atoms with van der Waals surface area (Å²) in [4.78, 5) is 46.3. The highest BCUT2D eigenvalue weighted by molar-refractivity contribution is 5.80. The van der Waals surface area contributed by atoms with Crippen molar-refractivity contribution < 1.29 is 57.1 Å². The molecule has 0 aliphatic carbocycles. The zero-order valence-electron chi connectivity index (χ0n) is 26.0. The molecule has 0 spiro atoms. The maximum Gasteiger partial charge on any atom is 0.246 e. The molecule has 0 bridgehead atoms. The number of hydrogen-bond acceptors (Lipinski definition) is 13. The van der Waals surface area contributed by atoms with Crippen LogP contribution in [0.25, 0.3) is 0 Å². The molecule has 0 saturated carbocycles. The molecule has 0 saturated heterocycles. The molecule has 0 aromatic carbocycles. The number of carbonyl (C=O) groups excluding carboxylic acids is 4. The summed E-state index contributed by atoms with van der Waals surface area (Å²) in [7, 11) is 3.39. The maximum atomic E-state index is 11.8. The van der Waals surface area contributed by atoms with Crippen molar-refractivity contribution in [2.45, 2.75) is 25.7 Å². The van der Waals surface area contributed by atoms with Gasteiger partial charge in [0, 0.05) is 46.2 Å². The molecule has 3 N–H and O–H groups in total. The molecule has 0 aliphatic rings. The van der Waals surface area contributed by atoms with Crippen LogP contribution in [-0.4, -0.2) is 156 Å². The van der Waals surface area contributed by atoms with Crippen molar-refractivity contribution in [1.29, 1.82) is 0 Å². The van der Waals surface area contributed by atoms with Gasteiger partial charge in [-0.2, -0.15) is 0 Å². The molecule has 0 aromatic heterocycles. The average molecular weight is 624 g/mol. The van der Waals surface area contributed by atoms with Crippen LogP contribution in [0.5, 0.6) is 0 Å². The van der Waals surface area contributed by atoms with Crippen molar-refractivity contribution in [2.75, 3.05) is 133 Å². The van der Waals surface area contributed by atoms with Gasteiger partial charge in [0.1, 0.15) is 26.4 Å². The number of Topliss-reactive ketones (excluding diaryl/α,β-unsaturated/α-hetero) is 2. The van der Waals surface area contributed by atoms with Gasteiger partial charge in [-0.05, 0) is 19.9 Å². The Balaban J connectivity index is 3.33. The Morgan fingerprint density at radius 2 is 0.837 bits per heavy atom. The van der Waals surface area contributed by atoms with E-state index in [0.29, 0.717) is 98.3 Å². The van der Waals surface area contributed by atoms with E-state index in [9.17, 15) is 19.2 Å². The Morgan fingerprint density at radius 1 is 0.442 bits per heavy atom. The lowest BCUT2D eigenvalue weighted by Crippen LogP contribution is -2.31. The molecule has 0 rings (SSSR count). The third-order valence-corrected chi connectivity index (χ3v) is 5.31. The topological polar surface area (TPSA) is 178 Å². The van der Waals surface area contributed by atoms with Gasteiger partial charge in [0.25, 0.3) is 0 Å². The van der Waals surface area contributed by atoms with E-state index in [1.807, 2.05) is 7.05 Å². The average Bonchev–Trinajstić information content (AvgIpc) is 3.00. The number of likely N-dealkylation sites (N-methyl/N-ethyl adjacent to an activating group) is 2. The first-order chi connectivity index (χ1) is 21.0. The molecular weight excluding hydrogens is 570 g/mol. The molecule has 0 fully saturated rings. The van der Waals surface area contributed by atoms with Gasteiger partial charge < -0.3 is 53.8 Å². The fourth-order valence-corrected chi connectivity index (χ4v) is 3.03. The van der Waals surface area contributed by atoms with Crippen LogP contribution in [0.2, 0.25) is 0 Å². The van der Waals surface area contributed by atoms with Crippen molar-refractivity contribution >= 4 is 23.4 Å². The SMILES string of the molecule is CNCCOCCOCC(=O)CCCOCCOCC(=O)NCCOCCOCC(=O)CCCOCCOCC(=O)NC. The van der Waals surface area contributed by atoms with Gasteiger partial charge in [-0.1, -0.05) is 0 Å². The summed E-state index contributed by atoms with van der Waals surface area (Å²) in [5, 5.41) is 8.11. The number of carbonyl (C=O) groups is 4. The smallest absolute Gasteiger partial charge is 0.246 e. The van der Waals surface area contributed by atoms with E-state index in [2.05, 4.69) is 16.0 Å². The summed E-state index contributed by atoms with van der Waals surface area (Å²) < 4.78 is 42.3. The van der Waals surface area contributed by atoms with Crippen molar-refractivity contribution in [3.63, 3.8) is 0 Å². The minimum absolute atomic E-state index is 0.000302. The molecule has 0 heterocycles. The van der Waals surface area contributed by atoms with Gasteiger partial charge >= 0.3 is 0 Å². The van der Waals surface area contributed by atoms with Crippen molar-refractivity contribution in [3.8, 4) is 0 Å². The van der Waals surface area contributed by atoms with Crippen LogP contribution < -0.4 is 16.0 Å². The van der Waals surface area contributed by atoms with Gasteiger partial charge in [0.2, 0.25) is 11.8 Å². The Morgan fingerprint density at radius 3 is 1.30 bits per heavy atom. The van der Waals surface area contributed by atoms with Crippen LogP contribution in [0.4, 0.5) is 0 Å². The van der Waals surface area contributed by atoms with E-state index in [1.165, 1.54) is 7.05 Å². The van der Waals surface area contributed by atoms with E-state index in [1.54, 1.807) is 0 Å². The van der Waals surface area contributed by atoms with Crippen molar-refractivity contribution in [1.82, 2.24) is 16.0 Å². The molecule has 0 radical (unpaired) electrons. The molecule has 0 aromatic rings. The Kier molecular flexibility index (Phi) is 31.2. The molecule has 15 nitrogen and oxygen atoms in total. The van der Waals surface area contributed by atoms with Crippen LogP contribution in [0.1, 0.15) is 25.7 Å². The Hall–Kier alpha value is -2.08. The Labute approximate surface area is 255 Å². The predicted molar refractivity (Wildman–Crippen MR) is 156 cm³/mol. The number of hydrogen-bond donors (Lipinski definition) is 3. The van der Waals surface area contributed by atoms with Crippen LogP contribution in [-0.2, 0) is 57.1 Å². The van der Waals surface area contributed by atoms with E-state index in [-0.39, 0.29) is 63.0 Å². The first-order valence-corrected chi connectivity index (χ1v) is 14.8. The van der Waals surface area contributed by atoms with Crippen LogP contribution in [0, 0.1) is 0 Å². The van der Waals surface area contributed by atoms with E-state index in [4.69, 9.17) is 37.9 Å². The molecule has 15 heteroatoms. The molecule has 0 aliphatic heterocycles. The highest BCUT2D eigenvalue weighted by atomic mass is 16.5. The van der Waals surface area contributed by atoms with E-state index >= 15 is 0 Å². The lowest BCUT2D eigenvalue weighted by molar-refractivity contribution is -0.127. The molecular formula is C28H53N3O12. The lowest BCUT2D eigenvalue weighted by atomic mass is 10.2. The number of amides is 2. The first kappa shape index (κ1) is 40.9. The summed E-state index contributed by atoms with van der Waals surface area (Å²) in [6, 6.07) is 0. The van der Waals surface area contributed by atoms with Gasteiger partial charge in [0.15, 0.2) is 11.6 Å². The number of ketones is 2. The molecule has 0 unspecified atom stereocenters. The molecule has 252 valence electrons. The maximum absolute atomic E-state index is 11.8. The Bertz CT molecular complexity index is 700. The van der Waals surface area contributed by atoms with Gasteiger partial charge in [0.05, 0.1) is 66.1 Å². The lowest BCUT2D eigenvalue weighted by Gasteiger charge is -2.08. The van der Waals surface area contributed by atoms with E-state index < -0.39 is 0 Å². The second kappa shape index (κ2) is 32.8. The molecule has 43 heavy (non-hydrogen) atoms. The summed E-state index contributed by atoms with van der Waals surface area (Å²) in [6.45, 7) is 5.61. The molecule has 0 atom stereocenters. The zero-order chi connectivity index (χ0) is 31.6. The summed E-state index contributed by atoms with van der Waals surface area (Å²) in [6.07, 6.45) is 1.91. The summed E-state index contributed by atoms with van der Waals surface area (Å²) in [5.74, 6) is -0.454. The second-order valence-corrected chi connectivity index (χ2v) is 9.07. The van der Waals surface area contributed by atoms with E-state index in [0.717, 1.165) is 6.54 Å². The summed E-state index contributed by atoms with van der Waals surface area (Å²) in [5.41, 5.74) is 0. The number of nitrogens with one attached hydrogen (secondary N) is 3. The predicted octanol–water partition coefficient (Wildman–Crippen LogP) is -1.10. The fourth-order valence-electron chi connectivity index (χ4n) is 3.03. The van der Waals surface area contributed by atoms with Crippen LogP contribution >= 0.6 is 0 Å². The largest absolute Gasteiger partial charge is 0.379 e. The van der Waals surface area contributed by atoms with Crippen LogP contribution in [0.15, 0.2) is 0 Å². The monoisotopic (exact) mass is 623 g/mol. The van der Waals surface area contributed by atoms with Crippen molar-refractivity contribution in [3.05, 3.63) is 0 Å². The third-order valence-electron chi connectivity index (χ3n) is 5.31. The molecule has 2 amide bonds. The van der Waals surface area contributed by atoms with Crippen LogP contribution in [0.3, 0.4) is 0 Å². The van der Waals surface area contributed by atoms with Gasteiger partial charge in [-0.3, -0.25) is 19.2 Å². The number of rotatable bonds is 34. The van der Waals surface area contributed by atoms with Crippen molar-refractivity contribution in [2.24, 2.45) is 0 Å². The number of ether oxygens (including phenoxy) is 8. The quantitative estimate of drug-likeness (QED) is 0.0737. The normalized spacial score (nSPS) is 11.0. The minimum atomic E-state index is -0.260. The second-order valence-electron chi connectivity index (χ2n) is 9.07. The summed E-state index contributed by atoms with van der Waals surface area (Å²) >= 11 is 0. The zero-order valence-corrected chi connectivity index (χ0v) is 26.0.